The molecule has 0 radical (unpaired) electrons. The van der Waals surface area contributed by atoms with Gasteiger partial charge in [-0.1, -0.05) is 29.8 Å². The third kappa shape index (κ3) is 5.38. The maximum absolute atomic E-state index is 3.58. The number of hydrogen-bond donors (Lipinski definition) is 0. The Bertz CT molecular complexity index is 46.5. The first-order valence-corrected chi connectivity index (χ1v) is 3.60. The Morgan fingerprint density at radius 2 is 1.50 bits per heavy atom. The van der Waals surface area contributed by atoms with Gasteiger partial charge in [-0.25, -0.2) is 0 Å². The summed E-state index contributed by atoms with van der Waals surface area (Å²) >= 11 is 3.58. The molecule has 0 bridgehead atoms. The predicted molar refractivity (Wildman–Crippen MR) is 46.5 cm³/mol. The number of halogens is 1. The van der Waals surface area contributed by atoms with Gasteiger partial charge in [0, 0.05) is 4.32 Å². The van der Waals surface area contributed by atoms with Crippen LogP contribution in [0.3, 0.4) is 0 Å². The molecule has 0 aromatic heterocycles. The van der Waals surface area contributed by atoms with E-state index in [0.717, 1.165) is 0 Å². The van der Waals surface area contributed by atoms with Crippen LogP contribution in [0.2, 0.25) is 0 Å². The normalized spacial score (nSPS) is 10.5. The zero-order chi connectivity index (χ0) is 5.91. The number of alkyl halides is 1. The molecule has 0 amide bonds. The van der Waals surface area contributed by atoms with Gasteiger partial charge in [0.25, 0.3) is 0 Å². The van der Waals surface area contributed by atoms with Crippen LogP contribution in [0.15, 0.2) is 0 Å². The smallest absolute Gasteiger partial charge is 0.0857 e. The van der Waals surface area contributed by atoms with Gasteiger partial charge in [-0.05, 0) is 19.8 Å². The predicted octanol–water partition coefficient (Wildman–Crippen LogP) is 2.04. The summed E-state index contributed by atoms with van der Waals surface area (Å²) in [5.74, 6) is 0. The average molecular weight is 191 g/mol. The summed E-state index contributed by atoms with van der Waals surface area (Å²) in [6.45, 7) is 6.60. The third-order valence-electron chi connectivity index (χ3n) is 1.47. The molecule has 0 saturated carbocycles. The molecule has 0 N–H and O–H groups in total. The molecule has 0 atom stereocenters. The lowest BCUT2D eigenvalue weighted by atomic mass is 10.1. The highest BCUT2D eigenvalue weighted by Crippen LogP contribution is 2.24. The van der Waals surface area contributed by atoms with Gasteiger partial charge >= 0.3 is 23.1 Å². The molecule has 2 heteroatoms. The summed E-state index contributed by atoms with van der Waals surface area (Å²) in [6, 6.07) is 0. The Morgan fingerprint density at radius 1 is 1.25 bits per heavy atom. The molecule has 48 valence electrons. The highest BCUT2D eigenvalue weighted by Gasteiger charge is 2.12. The van der Waals surface area contributed by atoms with Gasteiger partial charge in [-0.15, -0.1) is 0 Å². The van der Waals surface area contributed by atoms with Gasteiger partial charge in [-0.2, -0.15) is 0 Å². The van der Waals surface area contributed by atoms with E-state index in [1.54, 1.807) is 0 Å². The van der Waals surface area contributed by atoms with Crippen molar-refractivity contribution in [2.45, 2.75) is 37.9 Å². The molecule has 0 heterocycles. The Morgan fingerprint density at radius 3 is 1.50 bits per heavy atom. The van der Waals surface area contributed by atoms with E-state index in [2.05, 4.69) is 36.7 Å². The van der Waals surface area contributed by atoms with Gasteiger partial charge in [0.15, 0.2) is 0 Å². The minimum Gasteiger partial charge on any atom is -0.0857 e. The van der Waals surface area contributed by atoms with Gasteiger partial charge in [0.2, 0.25) is 0 Å². The van der Waals surface area contributed by atoms with Crippen LogP contribution in [0.4, 0.5) is 0 Å². The van der Waals surface area contributed by atoms with Crippen molar-refractivity contribution in [3.05, 3.63) is 0 Å². The molecule has 0 aromatic carbocycles. The third-order valence-corrected chi connectivity index (χ3v) is 2.60. The van der Waals surface area contributed by atoms with Crippen LogP contribution in [0.1, 0.15) is 33.6 Å². The quantitative estimate of drug-likeness (QED) is 0.463. The Balaban J connectivity index is 0. The van der Waals surface area contributed by atoms with E-state index >= 15 is 0 Å². The second kappa shape index (κ2) is 5.06. The number of hydrogen-bond acceptors (Lipinski definition) is 0. The van der Waals surface area contributed by atoms with Crippen molar-refractivity contribution in [2.24, 2.45) is 0 Å². The van der Waals surface area contributed by atoms with Gasteiger partial charge in [0.1, 0.15) is 0 Å². The summed E-state index contributed by atoms with van der Waals surface area (Å²) in [6.07, 6.45) is 2.42. The van der Waals surface area contributed by atoms with Crippen molar-refractivity contribution in [1.29, 1.82) is 0 Å². The molecule has 0 aliphatic rings. The largest absolute Gasteiger partial charge is 0.316 e. The minimum atomic E-state index is 0. The second-order valence-corrected chi connectivity index (χ2v) is 4.03. The monoisotopic (exact) mass is 190 g/mol. The van der Waals surface area contributed by atoms with Crippen LogP contribution in [0.25, 0.3) is 0 Å². The van der Waals surface area contributed by atoms with Crippen LogP contribution >= 0.6 is 15.9 Å². The van der Waals surface area contributed by atoms with E-state index in [0.29, 0.717) is 4.32 Å². The SMILES string of the molecule is CCC(C)(Br)CC.[MgH2]. The van der Waals surface area contributed by atoms with Crippen molar-refractivity contribution in [3.8, 4) is 0 Å². The van der Waals surface area contributed by atoms with Crippen molar-refractivity contribution in [1.82, 2.24) is 0 Å². The first kappa shape index (κ1) is 12.0. The minimum absolute atomic E-state index is 0. The standard InChI is InChI=1S/C6H13Br.Mg.2H/c1-4-6(3,7)5-2;;;/h4-5H2,1-3H3;;;. The first-order valence-electron chi connectivity index (χ1n) is 2.81. The highest BCUT2D eigenvalue weighted by atomic mass is 79.9. The zero-order valence-corrected chi connectivity index (χ0v) is 6.88. The van der Waals surface area contributed by atoms with E-state index in [4.69, 9.17) is 0 Å². The van der Waals surface area contributed by atoms with Gasteiger partial charge < -0.3 is 0 Å². The molecule has 8 heavy (non-hydrogen) atoms. The van der Waals surface area contributed by atoms with Crippen molar-refractivity contribution >= 4 is 39.0 Å². The zero-order valence-electron chi connectivity index (χ0n) is 5.29. The molecule has 0 aliphatic carbocycles. The van der Waals surface area contributed by atoms with Crippen molar-refractivity contribution in [3.63, 3.8) is 0 Å². The molecule has 0 aromatic rings. The molecule has 0 spiro atoms. The molecule has 0 saturated heterocycles. The average Bonchev–Trinajstić information content (AvgIpc) is 1.68. The lowest BCUT2D eigenvalue weighted by molar-refractivity contribution is 0.614. The van der Waals surface area contributed by atoms with Crippen molar-refractivity contribution in [2.75, 3.05) is 0 Å². The van der Waals surface area contributed by atoms with Crippen LogP contribution in [0, 0.1) is 0 Å². The maximum Gasteiger partial charge on any atom is 0.316 e. The lowest BCUT2D eigenvalue weighted by Gasteiger charge is -2.16. The molecule has 0 nitrogen and oxygen atoms in total. The van der Waals surface area contributed by atoms with Crippen molar-refractivity contribution < 1.29 is 0 Å². The Kier molecular flexibility index (Phi) is 7.58. The highest BCUT2D eigenvalue weighted by molar-refractivity contribution is 9.10. The summed E-state index contributed by atoms with van der Waals surface area (Å²) in [7, 11) is 0. The Labute approximate surface area is 76.7 Å². The molecule has 0 unspecified atom stereocenters. The van der Waals surface area contributed by atoms with Crippen LogP contribution in [-0.4, -0.2) is 27.4 Å². The van der Waals surface area contributed by atoms with Crippen LogP contribution < -0.4 is 0 Å². The fourth-order valence-corrected chi connectivity index (χ4v) is 0.250. The first-order chi connectivity index (χ1) is 3.12. The van der Waals surface area contributed by atoms with Crippen LogP contribution in [0.5, 0.6) is 0 Å². The van der Waals surface area contributed by atoms with E-state index in [1.807, 2.05) is 0 Å². The van der Waals surface area contributed by atoms with E-state index in [1.165, 1.54) is 12.8 Å². The summed E-state index contributed by atoms with van der Waals surface area (Å²) < 4.78 is 0.396. The van der Waals surface area contributed by atoms with E-state index in [-0.39, 0.29) is 23.1 Å². The summed E-state index contributed by atoms with van der Waals surface area (Å²) in [5.41, 5.74) is 0. The number of rotatable bonds is 2. The fraction of sp³-hybridized carbons (Fsp3) is 1.00. The van der Waals surface area contributed by atoms with Gasteiger partial charge in [0.05, 0.1) is 0 Å². The molecule has 0 fully saturated rings. The topological polar surface area (TPSA) is 0 Å². The summed E-state index contributed by atoms with van der Waals surface area (Å²) in [4.78, 5) is 0. The molecular weight excluding hydrogens is 176 g/mol. The fourth-order valence-electron chi connectivity index (χ4n) is 0.250. The lowest BCUT2D eigenvalue weighted by Crippen LogP contribution is -2.10. The van der Waals surface area contributed by atoms with Crippen LogP contribution in [-0.2, 0) is 0 Å². The maximum atomic E-state index is 3.58. The molecular formula is C6H15BrMg. The molecule has 0 rings (SSSR count). The summed E-state index contributed by atoms with van der Waals surface area (Å²) in [5, 5.41) is 0. The molecule has 0 aliphatic heterocycles. The van der Waals surface area contributed by atoms with E-state index < -0.39 is 0 Å². The van der Waals surface area contributed by atoms with Gasteiger partial charge in [-0.3, -0.25) is 0 Å². The second-order valence-electron chi connectivity index (χ2n) is 2.12. The van der Waals surface area contributed by atoms with E-state index in [9.17, 15) is 0 Å². The Hall–Kier alpha value is 1.25.